The van der Waals surface area contributed by atoms with Gasteiger partial charge in [0.05, 0.1) is 4.83 Å². The van der Waals surface area contributed by atoms with Crippen LogP contribution in [0.25, 0.3) is 0 Å². The van der Waals surface area contributed by atoms with Gasteiger partial charge in [0.2, 0.25) is 5.91 Å². The van der Waals surface area contributed by atoms with Gasteiger partial charge in [0, 0.05) is 6.54 Å². The van der Waals surface area contributed by atoms with E-state index in [-0.39, 0.29) is 10.7 Å². The molecule has 1 rings (SSSR count). The van der Waals surface area contributed by atoms with E-state index in [9.17, 15) is 4.79 Å². The number of nitrogens with one attached hydrogen (secondary N) is 1. The van der Waals surface area contributed by atoms with Crippen LogP contribution in [0.2, 0.25) is 0 Å². The van der Waals surface area contributed by atoms with Gasteiger partial charge in [-0.05, 0) is 18.3 Å². The average molecular weight is 276 g/mol. The molecular weight excluding hydrogens is 254 g/mol. The van der Waals surface area contributed by atoms with Gasteiger partial charge >= 0.3 is 0 Å². The third-order valence-electron chi connectivity index (χ3n) is 3.16. The smallest absolute Gasteiger partial charge is 0.234 e. The number of amides is 1. The molecule has 0 bridgehead atoms. The first-order chi connectivity index (χ1) is 7.11. The molecular formula is C12H22BrNO. The zero-order valence-electron chi connectivity index (χ0n) is 9.76. The first kappa shape index (κ1) is 13.0. The Balaban J connectivity index is 2.11. The minimum atomic E-state index is -0.0407. The van der Waals surface area contributed by atoms with Crippen LogP contribution < -0.4 is 5.32 Å². The summed E-state index contributed by atoms with van der Waals surface area (Å²) >= 11 is 3.41. The first-order valence-corrected chi connectivity index (χ1v) is 6.94. The lowest BCUT2D eigenvalue weighted by molar-refractivity contribution is -0.121. The molecule has 1 saturated carbocycles. The molecule has 1 fully saturated rings. The fourth-order valence-corrected chi connectivity index (χ4v) is 2.26. The largest absolute Gasteiger partial charge is 0.355 e. The summed E-state index contributed by atoms with van der Waals surface area (Å²) in [6.07, 6.45) is 6.64. The van der Waals surface area contributed by atoms with Crippen LogP contribution in [0.15, 0.2) is 0 Å². The number of alkyl halides is 1. The van der Waals surface area contributed by atoms with Gasteiger partial charge in [-0.25, -0.2) is 0 Å². The van der Waals surface area contributed by atoms with E-state index in [4.69, 9.17) is 0 Å². The van der Waals surface area contributed by atoms with Crippen molar-refractivity contribution in [2.45, 2.75) is 50.8 Å². The Labute approximate surface area is 101 Å². The van der Waals surface area contributed by atoms with Crippen molar-refractivity contribution in [1.29, 1.82) is 0 Å². The van der Waals surface area contributed by atoms with Crippen molar-refractivity contribution in [3.05, 3.63) is 0 Å². The zero-order chi connectivity index (χ0) is 11.3. The number of carbonyl (C=O) groups excluding carboxylic acids is 1. The third kappa shape index (κ3) is 4.54. The van der Waals surface area contributed by atoms with Crippen molar-refractivity contribution in [2.24, 2.45) is 11.8 Å². The van der Waals surface area contributed by atoms with Crippen LogP contribution in [0.3, 0.4) is 0 Å². The van der Waals surface area contributed by atoms with Crippen molar-refractivity contribution in [3.8, 4) is 0 Å². The lowest BCUT2D eigenvalue weighted by Gasteiger charge is -2.15. The molecule has 0 radical (unpaired) electrons. The van der Waals surface area contributed by atoms with Gasteiger partial charge in [0.1, 0.15) is 0 Å². The Hall–Kier alpha value is -0.0500. The molecule has 0 spiro atoms. The van der Waals surface area contributed by atoms with Crippen LogP contribution in [0.1, 0.15) is 46.0 Å². The molecule has 1 atom stereocenters. The molecule has 1 aliphatic rings. The van der Waals surface area contributed by atoms with Gasteiger partial charge in [-0.3, -0.25) is 4.79 Å². The van der Waals surface area contributed by atoms with Crippen LogP contribution >= 0.6 is 15.9 Å². The molecule has 0 aliphatic heterocycles. The topological polar surface area (TPSA) is 29.1 Å². The minimum Gasteiger partial charge on any atom is -0.355 e. The maximum Gasteiger partial charge on any atom is 0.234 e. The van der Waals surface area contributed by atoms with Crippen molar-refractivity contribution in [2.75, 3.05) is 6.54 Å². The molecule has 1 N–H and O–H groups in total. The fraction of sp³-hybridized carbons (Fsp3) is 0.917. The van der Waals surface area contributed by atoms with Crippen LogP contribution in [0, 0.1) is 11.8 Å². The molecule has 3 heteroatoms. The molecule has 88 valence electrons. The molecule has 2 nitrogen and oxygen atoms in total. The Morgan fingerprint density at radius 3 is 2.53 bits per heavy atom. The summed E-state index contributed by atoms with van der Waals surface area (Å²) < 4.78 is 0. The predicted octanol–water partition coefficient (Wildman–Crippen LogP) is 3.10. The predicted molar refractivity (Wildman–Crippen MR) is 67.1 cm³/mol. The van der Waals surface area contributed by atoms with Crippen LogP contribution in [-0.4, -0.2) is 17.3 Å². The van der Waals surface area contributed by atoms with E-state index in [2.05, 4.69) is 35.1 Å². The molecule has 1 amide bonds. The summed E-state index contributed by atoms with van der Waals surface area (Å²) in [5.74, 6) is 1.36. The van der Waals surface area contributed by atoms with Gasteiger partial charge < -0.3 is 5.32 Å². The van der Waals surface area contributed by atoms with Gasteiger partial charge in [0.25, 0.3) is 0 Å². The molecule has 0 aromatic rings. The van der Waals surface area contributed by atoms with E-state index >= 15 is 0 Å². The maximum absolute atomic E-state index is 11.6. The number of carbonyl (C=O) groups is 1. The summed E-state index contributed by atoms with van der Waals surface area (Å²) in [5.41, 5.74) is 0. The first-order valence-electron chi connectivity index (χ1n) is 6.03. The lowest BCUT2D eigenvalue weighted by Crippen LogP contribution is -2.35. The quantitative estimate of drug-likeness (QED) is 0.768. The summed E-state index contributed by atoms with van der Waals surface area (Å²) in [6, 6.07) is 0. The second-order valence-electron chi connectivity index (χ2n) is 4.88. The molecule has 0 aromatic heterocycles. The van der Waals surface area contributed by atoms with Crippen LogP contribution in [-0.2, 0) is 4.79 Å². The summed E-state index contributed by atoms with van der Waals surface area (Å²) in [7, 11) is 0. The number of halogens is 1. The normalized spacial score (nSPS) is 19.5. The molecule has 15 heavy (non-hydrogen) atoms. The fourth-order valence-electron chi connectivity index (χ4n) is 2.10. The highest BCUT2D eigenvalue weighted by atomic mass is 79.9. The second kappa shape index (κ2) is 6.51. The Morgan fingerprint density at radius 1 is 1.40 bits per heavy atom. The zero-order valence-corrected chi connectivity index (χ0v) is 11.3. The van der Waals surface area contributed by atoms with Crippen molar-refractivity contribution in [1.82, 2.24) is 5.32 Å². The number of rotatable bonds is 5. The summed E-state index contributed by atoms with van der Waals surface area (Å²) in [5, 5.41) is 3.00. The van der Waals surface area contributed by atoms with E-state index in [1.165, 1.54) is 25.7 Å². The SMILES string of the molecule is CC(C)C(Br)C(=O)NCCC1CCCC1. The van der Waals surface area contributed by atoms with Crippen LogP contribution in [0.4, 0.5) is 0 Å². The van der Waals surface area contributed by atoms with Gasteiger partial charge in [-0.1, -0.05) is 55.5 Å². The highest BCUT2D eigenvalue weighted by Gasteiger charge is 2.19. The van der Waals surface area contributed by atoms with Crippen molar-refractivity contribution in [3.63, 3.8) is 0 Å². The number of hydrogen-bond donors (Lipinski definition) is 1. The van der Waals surface area contributed by atoms with E-state index in [1.54, 1.807) is 0 Å². The Kier molecular flexibility index (Phi) is 5.65. The lowest BCUT2D eigenvalue weighted by atomic mass is 10.0. The maximum atomic E-state index is 11.6. The number of hydrogen-bond acceptors (Lipinski definition) is 1. The summed E-state index contributed by atoms with van der Waals surface area (Å²) in [6.45, 7) is 4.95. The molecule has 0 saturated heterocycles. The van der Waals surface area contributed by atoms with Crippen LogP contribution in [0.5, 0.6) is 0 Å². The van der Waals surface area contributed by atoms with Crippen molar-refractivity contribution >= 4 is 21.8 Å². The minimum absolute atomic E-state index is 0.0407. The van der Waals surface area contributed by atoms with E-state index in [0.717, 1.165) is 18.9 Å². The van der Waals surface area contributed by atoms with Gasteiger partial charge in [0.15, 0.2) is 0 Å². The van der Waals surface area contributed by atoms with E-state index in [1.807, 2.05) is 0 Å². The van der Waals surface area contributed by atoms with E-state index in [0.29, 0.717) is 5.92 Å². The van der Waals surface area contributed by atoms with Gasteiger partial charge in [-0.2, -0.15) is 0 Å². The average Bonchev–Trinajstić information content (AvgIpc) is 2.69. The Morgan fingerprint density at radius 2 is 2.00 bits per heavy atom. The molecule has 0 aromatic carbocycles. The third-order valence-corrected chi connectivity index (χ3v) is 4.64. The van der Waals surface area contributed by atoms with Crippen molar-refractivity contribution < 1.29 is 4.79 Å². The second-order valence-corrected chi connectivity index (χ2v) is 5.86. The van der Waals surface area contributed by atoms with Gasteiger partial charge in [-0.15, -0.1) is 0 Å². The highest BCUT2D eigenvalue weighted by Crippen LogP contribution is 2.26. The molecule has 1 unspecified atom stereocenters. The highest BCUT2D eigenvalue weighted by molar-refractivity contribution is 9.10. The molecule has 0 heterocycles. The molecule has 1 aliphatic carbocycles. The monoisotopic (exact) mass is 275 g/mol. The summed E-state index contributed by atoms with van der Waals surface area (Å²) in [4.78, 5) is 11.6. The standard InChI is InChI=1S/C12H22BrNO/c1-9(2)11(13)12(15)14-8-7-10-5-3-4-6-10/h9-11H,3-8H2,1-2H3,(H,14,15). The Bertz CT molecular complexity index is 200. The van der Waals surface area contributed by atoms with E-state index < -0.39 is 0 Å².